The van der Waals surface area contributed by atoms with Crippen LogP contribution in [0.1, 0.15) is 40.4 Å². The number of urea groups is 1. The van der Waals surface area contributed by atoms with Crippen LogP contribution in [0.25, 0.3) is 0 Å². The van der Waals surface area contributed by atoms with E-state index in [4.69, 9.17) is 0 Å². The molecule has 1 aliphatic heterocycles. The normalized spacial score (nSPS) is 19.6. The highest BCUT2D eigenvalue weighted by atomic mass is 16.2. The van der Waals surface area contributed by atoms with Crippen molar-refractivity contribution >= 4 is 17.7 Å². The van der Waals surface area contributed by atoms with E-state index < -0.39 is 11.6 Å². The summed E-state index contributed by atoms with van der Waals surface area (Å²) in [7, 11) is 0. The molecule has 3 amide bonds. The Morgan fingerprint density at radius 2 is 1.73 bits per heavy atom. The van der Waals surface area contributed by atoms with Crippen LogP contribution in [-0.2, 0) is 10.3 Å². The van der Waals surface area contributed by atoms with Crippen molar-refractivity contribution in [2.75, 3.05) is 6.54 Å². The third kappa shape index (κ3) is 2.90. The molecule has 3 rings (SSSR count). The summed E-state index contributed by atoms with van der Waals surface area (Å²) in [4.78, 5) is 39.1. The fraction of sp³-hybridized carbons (Fsp3) is 0.286. The van der Waals surface area contributed by atoms with Gasteiger partial charge >= 0.3 is 6.03 Å². The Bertz CT molecular complexity index is 876. The van der Waals surface area contributed by atoms with Crippen molar-refractivity contribution in [1.29, 1.82) is 0 Å². The van der Waals surface area contributed by atoms with Gasteiger partial charge in [-0.25, -0.2) is 4.79 Å². The van der Waals surface area contributed by atoms with E-state index >= 15 is 0 Å². The number of hydrogen-bond donors (Lipinski definition) is 1. The highest BCUT2D eigenvalue weighted by Gasteiger charge is 2.51. The van der Waals surface area contributed by atoms with Crippen molar-refractivity contribution < 1.29 is 14.4 Å². The largest absolute Gasteiger partial charge is 0.325 e. The maximum atomic E-state index is 13.0. The van der Waals surface area contributed by atoms with E-state index in [-0.39, 0.29) is 18.2 Å². The fourth-order valence-corrected chi connectivity index (χ4v) is 3.28. The van der Waals surface area contributed by atoms with Gasteiger partial charge < -0.3 is 5.32 Å². The Balaban J connectivity index is 1.87. The Labute approximate surface area is 153 Å². The molecular formula is C21H22N2O3. The predicted octanol–water partition coefficient (Wildman–Crippen LogP) is 3.34. The van der Waals surface area contributed by atoms with Crippen LogP contribution in [-0.4, -0.2) is 29.2 Å². The summed E-state index contributed by atoms with van der Waals surface area (Å²) in [6, 6.07) is 14.0. The van der Waals surface area contributed by atoms with Crippen molar-refractivity contribution in [3.63, 3.8) is 0 Å². The topological polar surface area (TPSA) is 66.5 Å². The number of benzene rings is 2. The van der Waals surface area contributed by atoms with Gasteiger partial charge in [0.05, 0.1) is 6.54 Å². The maximum Gasteiger partial charge on any atom is 0.325 e. The molecule has 0 spiro atoms. The zero-order valence-corrected chi connectivity index (χ0v) is 15.2. The van der Waals surface area contributed by atoms with Gasteiger partial charge in [-0.05, 0) is 43.0 Å². The molecule has 1 fully saturated rings. The second-order valence-corrected chi connectivity index (χ2v) is 6.67. The summed E-state index contributed by atoms with van der Waals surface area (Å²) in [6.45, 7) is 5.48. The minimum absolute atomic E-state index is 0.253. The smallest absolute Gasteiger partial charge is 0.319 e. The van der Waals surface area contributed by atoms with Crippen LogP contribution in [0.15, 0.2) is 48.5 Å². The van der Waals surface area contributed by atoms with Crippen molar-refractivity contribution in [3.8, 4) is 0 Å². The zero-order chi connectivity index (χ0) is 18.9. The number of hydrogen-bond acceptors (Lipinski definition) is 3. The number of carbonyl (C=O) groups excluding carboxylic acids is 3. The van der Waals surface area contributed by atoms with E-state index in [0.717, 1.165) is 21.6 Å². The fourth-order valence-electron chi connectivity index (χ4n) is 3.28. The Hall–Kier alpha value is -2.95. The van der Waals surface area contributed by atoms with Crippen LogP contribution in [0.3, 0.4) is 0 Å². The third-order valence-corrected chi connectivity index (χ3v) is 5.10. The molecule has 1 aliphatic rings. The third-order valence-electron chi connectivity index (χ3n) is 5.10. The van der Waals surface area contributed by atoms with Crippen LogP contribution in [0.4, 0.5) is 4.79 Å². The van der Waals surface area contributed by atoms with Gasteiger partial charge in [0, 0.05) is 5.56 Å². The van der Waals surface area contributed by atoms with Gasteiger partial charge in [0.25, 0.3) is 5.91 Å². The number of Topliss-reactive ketones (excluding diaryl/α,β-unsaturated/α-hetero) is 1. The predicted molar refractivity (Wildman–Crippen MR) is 98.9 cm³/mol. The van der Waals surface area contributed by atoms with Crippen molar-refractivity contribution in [1.82, 2.24) is 10.2 Å². The van der Waals surface area contributed by atoms with Gasteiger partial charge in [0.15, 0.2) is 5.78 Å². The maximum absolute atomic E-state index is 13.0. The van der Waals surface area contributed by atoms with Gasteiger partial charge in [-0.3, -0.25) is 14.5 Å². The van der Waals surface area contributed by atoms with E-state index in [1.54, 1.807) is 12.1 Å². The number of ketones is 1. The van der Waals surface area contributed by atoms with Crippen LogP contribution in [0, 0.1) is 13.8 Å². The number of rotatable bonds is 5. The van der Waals surface area contributed by atoms with E-state index in [1.165, 1.54) is 0 Å². The van der Waals surface area contributed by atoms with Gasteiger partial charge in [-0.1, -0.05) is 49.4 Å². The molecule has 0 aromatic heterocycles. The second kappa shape index (κ2) is 6.75. The standard InChI is InChI=1S/C21H22N2O3/c1-4-21(17-8-6-5-7-9-17)19(25)23(20(26)22-21)13-18(24)16-11-10-14(2)15(3)12-16/h5-12H,4,13H2,1-3H3,(H,22,26)/t21-/m0/s1. The molecule has 1 N–H and O–H groups in total. The molecule has 2 aromatic carbocycles. The first kappa shape index (κ1) is 17.9. The van der Waals surface area contributed by atoms with E-state index in [9.17, 15) is 14.4 Å². The lowest BCUT2D eigenvalue weighted by Crippen LogP contribution is -2.43. The van der Waals surface area contributed by atoms with Gasteiger partial charge in [-0.15, -0.1) is 0 Å². The van der Waals surface area contributed by atoms with Crippen LogP contribution in [0.5, 0.6) is 0 Å². The highest BCUT2D eigenvalue weighted by molar-refractivity contribution is 6.11. The summed E-state index contributed by atoms with van der Waals surface area (Å²) in [5, 5.41) is 2.80. The molecular weight excluding hydrogens is 328 g/mol. The SMILES string of the molecule is CC[C@@]1(c2ccccc2)NC(=O)N(CC(=O)c2ccc(C)c(C)c2)C1=O. The number of amides is 3. The van der Waals surface area contributed by atoms with Gasteiger partial charge in [0.2, 0.25) is 0 Å². The summed E-state index contributed by atoms with van der Waals surface area (Å²) < 4.78 is 0. The number of imide groups is 1. The van der Waals surface area contributed by atoms with Crippen LogP contribution >= 0.6 is 0 Å². The summed E-state index contributed by atoms with van der Waals surface area (Å²) in [5.74, 6) is -0.634. The quantitative estimate of drug-likeness (QED) is 0.664. The summed E-state index contributed by atoms with van der Waals surface area (Å²) >= 11 is 0. The molecule has 26 heavy (non-hydrogen) atoms. The Morgan fingerprint density at radius 1 is 1.04 bits per heavy atom. The minimum atomic E-state index is -1.11. The highest BCUT2D eigenvalue weighted by Crippen LogP contribution is 2.32. The number of carbonyl (C=O) groups is 3. The molecule has 2 aromatic rings. The van der Waals surface area contributed by atoms with Crippen molar-refractivity contribution in [2.45, 2.75) is 32.7 Å². The first-order valence-electron chi connectivity index (χ1n) is 8.69. The minimum Gasteiger partial charge on any atom is -0.319 e. The molecule has 1 atom stereocenters. The monoisotopic (exact) mass is 350 g/mol. The number of aryl methyl sites for hydroxylation is 2. The molecule has 0 aliphatic carbocycles. The molecule has 5 heteroatoms. The zero-order valence-electron chi connectivity index (χ0n) is 15.2. The first-order valence-corrected chi connectivity index (χ1v) is 8.69. The van der Waals surface area contributed by atoms with Crippen molar-refractivity contribution in [2.24, 2.45) is 0 Å². The van der Waals surface area contributed by atoms with E-state index in [2.05, 4.69) is 5.32 Å². The molecule has 0 unspecified atom stereocenters. The van der Waals surface area contributed by atoms with E-state index in [1.807, 2.05) is 57.2 Å². The average Bonchev–Trinajstić information content (AvgIpc) is 2.89. The van der Waals surface area contributed by atoms with Gasteiger partial charge in [-0.2, -0.15) is 0 Å². The lowest BCUT2D eigenvalue weighted by molar-refractivity contribution is -0.131. The second-order valence-electron chi connectivity index (χ2n) is 6.67. The lowest BCUT2D eigenvalue weighted by atomic mass is 9.87. The number of nitrogens with zero attached hydrogens (tertiary/aromatic N) is 1. The summed E-state index contributed by atoms with van der Waals surface area (Å²) in [5.41, 5.74) is 2.21. The van der Waals surface area contributed by atoms with Crippen LogP contribution < -0.4 is 5.32 Å². The van der Waals surface area contributed by atoms with E-state index in [0.29, 0.717) is 12.0 Å². The lowest BCUT2D eigenvalue weighted by Gasteiger charge is -2.25. The summed E-state index contributed by atoms with van der Waals surface area (Å²) in [6.07, 6.45) is 0.413. The molecule has 1 saturated heterocycles. The van der Waals surface area contributed by atoms with Crippen LogP contribution in [0.2, 0.25) is 0 Å². The molecule has 0 bridgehead atoms. The Kier molecular flexibility index (Phi) is 4.64. The molecule has 0 saturated carbocycles. The molecule has 5 nitrogen and oxygen atoms in total. The molecule has 134 valence electrons. The number of nitrogens with one attached hydrogen (secondary N) is 1. The molecule has 1 heterocycles. The Morgan fingerprint density at radius 3 is 2.35 bits per heavy atom. The first-order chi connectivity index (χ1) is 12.4. The van der Waals surface area contributed by atoms with Gasteiger partial charge in [0.1, 0.15) is 5.54 Å². The average molecular weight is 350 g/mol. The molecule has 0 radical (unpaired) electrons. The van der Waals surface area contributed by atoms with Crippen molar-refractivity contribution in [3.05, 3.63) is 70.8 Å².